The lowest BCUT2D eigenvalue weighted by Gasteiger charge is -2.00. The molecule has 0 aliphatic rings. The minimum atomic E-state index is -1.24. The number of carbonyl (C=O) groups is 2. The number of nitrogens with one attached hydrogen (secondary N) is 2. The number of halogens is 1. The van der Waals surface area contributed by atoms with Crippen molar-refractivity contribution in [1.82, 2.24) is 15.5 Å². The van der Waals surface area contributed by atoms with Crippen LogP contribution in [0.4, 0.5) is 21.6 Å². The van der Waals surface area contributed by atoms with Gasteiger partial charge in [0.15, 0.2) is 11.5 Å². The lowest BCUT2D eigenvalue weighted by molar-refractivity contribution is -0.131. The molecule has 10 heteroatoms. The van der Waals surface area contributed by atoms with Crippen molar-refractivity contribution >= 4 is 29.1 Å². The largest absolute Gasteiger partial charge is 0.478 e. The van der Waals surface area contributed by atoms with Crippen molar-refractivity contribution in [3.8, 4) is 0 Å². The lowest BCUT2D eigenvalue weighted by atomic mass is 10.3. The number of nitrogens with two attached hydrogens (primary N) is 1. The molecule has 1 amide bonds. The molecular weight excluding hydrogens is 319 g/mol. The van der Waals surface area contributed by atoms with Crippen LogP contribution in [0.5, 0.6) is 0 Å². The number of benzene rings is 1. The van der Waals surface area contributed by atoms with Gasteiger partial charge < -0.3 is 16.2 Å². The summed E-state index contributed by atoms with van der Waals surface area (Å²) in [6.45, 7) is -0.0233. The Morgan fingerprint density at radius 1 is 1.38 bits per heavy atom. The van der Waals surface area contributed by atoms with Crippen molar-refractivity contribution in [1.29, 1.82) is 0 Å². The summed E-state index contributed by atoms with van der Waals surface area (Å²) < 4.78 is 13.1. The number of carboxylic acids is 1. The third kappa shape index (κ3) is 4.73. The highest BCUT2D eigenvalue weighted by molar-refractivity contribution is 5.93. The van der Waals surface area contributed by atoms with E-state index < -0.39 is 17.7 Å². The third-order valence-electron chi connectivity index (χ3n) is 2.73. The van der Waals surface area contributed by atoms with Crippen molar-refractivity contribution in [2.24, 2.45) is 10.2 Å². The second-order valence-corrected chi connectivity index (χ2v) is 4.51. The molecule has 0 unspecified atom stereocenters. The molecule has 0 saturated heterocycles. The number of carbonyl (C=O) groups excluding carboxylic acids is 1. The van der Waals surface area contributed by atoms with Crippen LogP contribution < -0.4 is 11.1 Å². The van der Waals surface area contributed by atoms with E-state index in [0.29, 0.717) is 11.8 Å². The minimum absolute atomic E-state index is 0.0233. The van der Waals surface area contributed by atoms with Gasteiger partial charge in [-0.3, -0.25) is 9.89 Å². The number of aromatic amines is 1. The summed E-state index contributed by atoms with van der Waals surface area (Å²) in [5.41, 5.74) is 6.51. The lowest BCUT2D eigenvalue weighted by Crippen LogP contribution is -2.20. The third-order valence-corrected chi connectivity index (χ3v) is 2.73. The van der Waals surface area contributed by atoms with Gasteiger partial charge in [-0.15, -0.1) is 5.11 Å². The van der Waals surface area contributed by atoms with Gasteiger partial charge in [0.2, 0.25) is 5.91 Å². The fraction of sp³-hybridized carbons (Fsp3) is 0.0714. The number of nitrogen functional groups attached to an aromatic ring is 1. The number of rotatable bonds is 6. The van der Waals surface area contributed by atoms with Gasteiger partial charge in [0.25, 0.3) is 0 Å². The zero-order valence-electron chi connectivity index (χ0n) is 12.2. The molecule has 124 valence electrons. The van der Waals surface area contributed by atoms with Crippen LogP contribution >= 0.6 is 0 Å². The Hall–Kier alpha value is -3.56. The topological polar surface area (TPSA) is 146 Å². The number of anilines is 1. The fourth-order valence-electron chi connectivity index (χ4n) is 1.65. The second-order valence-electron chi connectivity index (χ2n) is 4.51. The summed E-state index contributed by atoms with van der Waals surface area (Å²) in [5, 5.41) is 25.0. The van der Waals surface area contributed by atoms with Crippen LogP contribution in [-0.4, -0.2) is 27.2 Å². The van der Waals surface area contributed by atoms with Crippen LogP contribution in [0.25, 0.3) is 0 Å². The molecule has 5 N–H and O–H groups in total. The molecule has 0 aliphatic carbocycles. The van der Waals surface area contributed by atoms with E-state index in [0.717, 1.165) is 6.08 Å². The van der Waals surface area contributed by atoms with Gasteiger partial charge in [-0.2, -0.15) is 10.2 Å². The maximum Gasteiger partial charge on any atom is 0.328 e. The first-order valence-electron chi connectivity index (χ1n) is 6.64. The molecule has 1 aromatic heterocycles. The van der Waals surface area contributed by atoms with Crippen molar-refractivity contribution in [3.05, 3.63) is 47.9 Å². The van der Waals surface area contributed by atoms with E-state index in [1.165, 1.54) is 18.2 Å². The minimum Gasteiger partial charge on any atom is -0.478 e. The van der Waals surface area contributed by atoms with E-state index in [4.69, 9.17) is 10.8 Å². The Morgan fingerprint density at radius 2 is 2.17 bits per heavy atom. The molecule has 0 aliphatic heterocycles. The Kier molecular flexibility index (Phi) is 5.34. The van der Waals surface area contributed by atoms with E-state index in [2.05, 4.69) is 25.7 Å². The zero-order valence-corrected chi connectivity index (χ0v) is 12.2. The summed E-state index contributed by atoms with van der Waals surface area (Å²) in [7, 11) is 0. The number of aliphatic carboxylic acids is 1. The normalized spacial score (nSPS) is 11.2. The average Bonchev–Trinajstić information content (AvgIpc) is 2.89. The maximum atomic E-state index is 13.1. The van der Waals surface area contributed by atoms with Gasteiger partial charge in [0, 0.05) is 18.2 Å². The van der Waals surface area contributed by atoms with E-state index in [1.807, 2.05) is 0 Å². The molecule has 0 spiro atoms. The number of amides is 1. The monoisotopic (exact) mass is 332 g/mol. The second kappa shape index (κ2) is 7.63. The molecule has 2 aromatic rings. The molecule has 0 atom stereocenters. The van der Waals surface area contributed by atoms with Crippen molar-refractivity contribution in [2.75, 3.05) is 5.73 Å². The summed E-state index contributed by atoms with van der Waals surface area (Å²) in [6.07, 6.45) is 1.58. The van der Waals surface area contributed by atoms with Crippen molar-refractivity contribution in [3.63, 3.8) is 0 Å². The van der Waals surface area contributed by atoms with Gasteiger partial charge in [-0.05, 0) is 12.1 Å². The van der Waals surface area contributed by atoms with Crippen molar-refractivity contribution in [2.45, 2.75) is 6.54 Å². The standard InChI is InChI=1S/C14H13FN6O3/c15-8-2-1-3-9(6-8)18-20-13-10(19-21-14(13)16)7-17-11(22)4-5-12(23)24/h1-6H,7H2,(H,17,22)(H,23,24)(H3,16,19,21)/b5-4+,20-18?. The molecule has 1 heterocycles. The molecule has 0 radical (unpaired) electrons. The number of nitrogens with zero attached hydrogens (tertiary/aromatic N) is 3. The molecule has 9 nitrogen and oxygen atoms in total. The molecule has 24 heavy (non-hydrogen) atoms. The quantitative estimate of drug-likeness (QED) is 0.470. The van der Waals surface area contributed by atoms with E-state index >= 15 is 0 Å². The first kappa shape index (κ1) is 16.8. The highest BCUT2D eigenvalue weighted by Gasteiger charge is 2.11. The Balaban J connectivity index is 2.08. The molecule has 0 saturated carbocycles. The van der Waals surface area contributed by atoms with E-state index in [1.54, 1.807) is 6.07 Å². The van der Waals surface area contributed by atoms with E-state index in [-0.39, 0.29) is 23.7 Å². The van der Waals surface area contributed by atoms with Crippen LogP contribution in [0.3, 0.4) is 0 Å². The van der Waals surface area contributed by atoms with Crippen LogP contribution in [0.15, 0.2) is 46.6 Å². The summed E-state index contributed by atoms with van der Waals surface area (Å²) in [6, 6.07) is 5.51. The van der Waals surface area contributed by atoms with Gasteiger partial charge >= 0.3 is 5.97 Å². The molecule has 1 aromatic carbocycles. The molecule has 0 fully saturated rings. The molecular formula is C14H13FN6O3. The van der Waals surface area contributed by atoms with Gasteiger partial charge in [0.05, 0.1) is 17.9 Å². The first-order chi connectivity index (χ1) is 11.5. The molecule has 0 bridgehead atoms. The number of H-pyrrole nitrogens is 1. The highest BCUT2D eigenvalue weighted by Crippen LogP contribution is 2.26. The number of azo groups is 1. The average molecular weight is 332 g/mol. The van der Waals surface area contributed by atoms with E-state index in [9.17, 15) is 14.0 Å². The number of hydrogen-bond donors (Lipinski definition) is 4. The SMILES string of the molecule is Nc1n[nH]c(CNC(=O)/C=C/C(=O)O)c1N=Nc1cccc(F)c1. The summed E-state index contributed by atoms with van der Waals surface area (Å²) in [5.74, 6) is -2.25. The summed E-state index contributed by atoms with van der Waals surface area (Å²) >= 11 is 0. The van der Waals surface area contributed by atoms with Crippen LogP contribution in [-0.2, 0) is 16.1 Å². The summed E-state index contributed by atoms with van der Waals surface area (Å²) in [4.78, 5) is 21.8. The highest BCUT2D eigenvalue weighted by atomic mass is 19.1. The zero-order chi connectivity index (χ0) is 17.5. The van der Waals surface area contributed by atoms with Crippen molar-refractivity contribution < 1.29 is 19.1 Å². The van der Waals surface area contributed by atoms with Gasteiger partial charge in [-0.25, -0.2) is 9.18 Å². The van der Waals surface area contributed by atoms with Gasteiger partial charge in [0.1, 0.15) is 5.82 Å². The Morgan fingerprint density at radius 3 is 2.88 bits per heavy atom. The van der Waals surface area contributed by atoms with Crippen LogP contribution in [0.1, 0.15) is 5.69 Å². The smallest absolute Gasteiger partial charge is 0.328 e. The molecule has 2 rings (SSSR count). The Bertz CT molecular complexity index is 815. The number of aromatic nitrogens is 2. The fourth-order valence-corrected chi connectivity index (χ4v) is 1.65. The number of carboxylic acid groups (broad SMARTS) is 1. The maximum absolute atomic E-state index is 13.1. The predicted molar refractivity (Wildman–Crippen MR) is 82.2 cm³/mol. The van der Waals surface area contributed by atoms with Crippen LogP contribution in [0.2, 0.25) is 0 Å². The van der Waals surface area contributed by atoms with Crippen LogP contribution in [0, 0.1) is 5.82 Å². The Labute approximate surface area is 135 Å². The number of hydrogen-bond acceptors (Lipinski definition) is 6. The predicted octanol–water partition coefficient (Wildman–Crippen LogP) is 1.80. The first-order valence-corrected chi connectivity index (χ1v) is 6.64. The van der Waals surface area contributed by atoms with Gasteiger partial charge in [-0.1, -0.05) is 6.07 Å².